The first-order chi connectivity index (χ1) is 13.1. The highest BCUT2D eigenvalue weighted by Gasteiger charge is 2.31. The molecule has 0 fully saturated rings. The molecular weight excluding hydrogens is 334 g/mol. The van der Waals surface area contributed by atoms with Gasteiger partial charge in [0.25, 0.3) is 0 Å². The van der Waals surface area contributed by atoms with Crippen molar-refractivity contribution in [3.63, 3.8) is 0 Å². The van der Waals surface area contributed by atoms with Crippen molar-refractivity contribution in [1.29, 1.82) is 0 Å². The van der Waals surface area contributed by atoms with E-state index in [0.29, 0.717) is 6.54 Å². The number of nitrogens with zero attached hydrogens (tertiary/aromatic N) is 2. The van der Waals surface area contributed by atoms with E-state index < -0.39 is 0 Å². The molecule has 1 unspecified atom stereocenters. The fourth-order valence-corrected chi connectivity index (χ4v) is 3.82. The third-order valence-electron chi connectivity index (χ3n) is 5.33. The predicted octanol–water partition coefficient (Wildman–Crippen LogP) is 4.94. The number of hydrogen-bond acceptors (Lipinski definition) is 1. The van der Waals surface area contributed by atoms with Crippen molar-refractivity contribution in [2.24, 2.45) is 0 Å². The number of amides is 2. The molecule has 0 spiro atoms. The summed E-state index contributed by atoms with van der Waals surface area (Å²) in [5.74, 6) is 0. The van der Waals surface area contributed by atoms with Gasteiger partial charge in [-0.05, 0) is 55.2 Å². The number of aryl methyl sites for hydroxylation is 2. The van der Waals surface area contributed by atoms with Gasteiger partial charge in [-0.1, -0.05) is 42.5 Å². The number of carbonyl (C=O) groups is 1. The Hall–Kier alpha value is -3.01. The van der Waals surface area contributed by atoms with E-state index in [0.717, 1.165) is 29.8 Å². The van der Waals surface area contributed by atoms with Gasteiger partial charge in [-0.2, -0.15) is 0 Å². The summed E-state index contributed by atoms with van der Waals surface area (Å²) < 4.78 is 2.26. The molecule has 1 N–H and O–H groups in total. The first-order valence-electron chi connectivity index (χ1n) is 9.45. The minimum Gasteiger partial charge on any atom is -0.348 e. The van der Waals surface area contributed by atoms with Crippen LogP contribution < -0.4 is 5.32 Å². The minimum absolute atomic E-state index is 0.0289. The number of fused-ring (bicyclic) bond motifs is 1. The normalized spacial score (nSPS) is 16.1. The van der Waals surface area contributed by atoms with Gasteiger partial charge in [0.2, 0.25) is 0 Å². The van der Waals surface area contributed by atoms with Gasteiger partial charge in [0.15, 0.2) is 0 Å². The zero-order valence-electron chi connectivity index (χ0n) is 15.9. The number of rotatable bonds is 3. The second kappa shape index (κ2) is 7.31. The number of carbonyl (C=O) groups excluding carboxylic acids is 1. The van der Waals surface area contributed by atoms with Crippen LogP contribution in [0.25, 0.3) is 0 Å². The summed E-state index contributed by atoms with van der Waals surface area (Å²) in [6.07, 6.45) is 2.92. The van der Waals surface area contributed by atoms with Gasteiger partial charge in [-0.25, -0.2) is 4.79 Å². The monoisotopic (exact) mass is 359 g/mol. The molecule has 4 heteroatoms. The van der Waals surface area contributed by atoms with E-state index in [-0.39, 0.29) is 12.1 Å². The van der Waals surface area contributed by atoms with Gasteiger partial charge in [-0.3, -0.25) is 0 Å². The first-order valence-corrected chi connectivity index (χ1v) is 9.45. The molecule has 1 aromatic heterocycles. The van der Waals surface area contributed by atoms with Crippen molar-refractivity contribution in [2.45, 2.75) is 32.9 Å². The number of anilines is 1. The molecule has 1 atom stereocenters. The molecule has 0 saturated heterocycles. The third kappa shape index (κ3) is 3.61. The Balaban J connectivity index is 1.61. The van der Waals surface area contributed by atoms with Gasteiger partial charge in [0.05, 0.1) is 6.04 Å². The lowest BCUT2D eigenvalue weighted by Gasteiger charge is -2.37. The van der Waals surface area contributed by atoms with Crippen molar-refractivity contribution >= 4 is 11.7 Å². The van der Waals surface area contributed by atoms with E-state index in [1.54, 1.807) is 0 Å². The van der Waals surface area contributed by atoms with E-state index in [1.807, 2.05) is 36.9 Å². The standard InChI is InChI=1S/C23H25N3O/c1-17-10-11-18(2)20(15-17)24-23(27)26-14-13-25-12-6-9-21(25)22(26)16-19-7-4-3-5-8-19/h3-12,15,22H,13-14,16H2,1-2H3,(H,24,27). The molecule has 0 saturated carbocycles. The van der Waals surface area contributed by atoms with Crippen LogP contribution in [0.1, 0.15) is 28.4 Å². The fraction of sp³-hybridized carbons (Fsp3) is 0.261. The summed E-state index contributed by atoms with van der Waals surface area (Å²) in [6.45, 7) is 5.60. The van der Waals surface area contributed by atoms with Crippen LogP contribution in [-0.2, 0) is 13.0 Å². The summed E-state index contributed by atoms with van der Waals surface area (Å²) >= 11 is 0. The second-order valence-electron chi connectivity index (χ2n) is 7.27. The van der Waals surface area contributed by atoms with Gasteiger partial charge >= 0.3 is 6.03 Å². The van der Waals surface area contributed by atoms with E-state index in [9.17, 15) is 4.79 Å². The van der Waals surface area contributed by atoms with E-state index in [1.165, 1.54) is 11.3 Å². The molecule has 2 aromatic carbocycles. The molecule has 0 aliphatic carbocycles. The highest BCUT2D eigenvalue weighted by atomic mass is 16.2. The predicted molar refractivity (Wildman–Crippen MR) is 109 cm³/mol. The largest absolute Gasteiger partial charge is 0.348 e. The van der Waals surface area contributed by atoms with Crippen molar-refractivity contribution < 1.29 is 4.79 Å². The van der Waals surface area contributed by atoms with Crippen molar-refractivity contribution in [3.05, 3.63) is 89.2 Å². The molecular formula is C23H25N3O. The van der Waals surface area contributed by atoms with Gasteiger partial charge in [0.1, 0.15) is 0 Å². The SMILES string of the molecule is Cc1ccc(C)c(NC(=O)N2CCn3cccc3C2Cc2ccccc2)c1. The van der Waals surface area contributed by atoms with E-state index in [2.05, 4.69) is 58.5 Å². The molecule has 27 heavy (non-hydrogen) atoms. The Bertz CT molecular complexity index is 945. The number of aromatic nitrogens is 1. The zero-order valence-corrected chi connectivity index (χ0v) is 15.9. The maximum atomic E-state index is 13.2. The van der Waals surface area contributed by atoms with Gasteiger partial charge in [0, 0.05) is 30.7 Å². The van der Waals surface area contributed by atoms with Crippen LogP contribution in [0.2, 0.25) is 0 Å². The zero-order chi connectivity index (χ0) is 18.8. The summed E-state index contributed by atoms with van der Waals surface area (Å²) in [5, 5.41) is 3.14. The molecule has 3 aromatic rings. The number of urea groups is 1. The summed E-state index contributed by atoms with van der Waals surface area (Å²) in [6, 6.07) is 20.7. The van der Waals surface area contributed by atoms with Gasteiger partial charge < -0.3 is 14.8 Å². The molecule has 1 aliphatic heterocycles. The van der Waals surface area contributed by atoms with Crippen LogP contribution in [-0.4, -0.2) is 22.0 Å². The Kier molecular flexibility index (Phi) is 4.71. The molecule has 2 heterocycles. The quantitative estimate of drug-likeness (QED) is 0.707. The highest BCUT2D eigenvalue weighted by Crippen LogP contribution is 2.30. The van der Waals surface area contributed by atoms with Crippen LogP contribution >= 0.6 is 0 Å². The van der Waals surface area contributed by atoms with Crippen LogP contribution in [0, 0.1) is 13.8 Å². The molecule has 0 radical (unpaired) electrons. The minimum atomic E-state index is -0.0305. The summed E-state index contributed by atoms with van der Waals surface area (Å²) in [4.78, 5) is 15.1. The average molecular weight is 359 g/mol. The third-order valence-corrected chi connectivity index (χ3v) is 5.33. The van der Waals surface area contributed by atoms with Gasteiger partial charge in [-0.15, -0.1) is 0 Å². The van der Waals surface area contributed by atoms with Crippen molar-refractivity contribution in [2.75, 3.05) is 11.9 Å². The summed E-state index contributed by atoms with van der Waals surface area (Å²) in [5.41, 5.74) is 5.54. The lowest BCUT2D eigenvalue weighted by Crippen LogP contribution is -2.44. The maximum Gasteiger partial charge on any atom is 0.322 e. The second-order valence-corrected chi connectivity index (χ2v) is 7.27. The smallest absolute Gasteiger partial charge is 0.322 e. The van der Waals surface area contributed by atoms with Crippen LogP contribution in [0.4, 0.5) is 10.5 Å². The Labute approximate surface area is 160 Å². The van der Waals surface area contributed by atoms with E-state index >= 15 is 0 Å². The average Bonchev–Trinajstić information content (AvgIpc) is 3.15. The van der Waals surface area contributed by atoms with Crippen LogP contribution in [0.5, 0.6) is 0 Å². The molecule has 1 aliphatic rings. The molecule has 138 valence electrons. The number of nitrogens with one attached hydrogen (secondary N) is 1. The van der Waals surface area contributed by atoms with Crippen molar-refractivity contribution in [3.8, 4) is 0 Å². The van der Waals surface area contributed by atoms with Crippen LogP contribution in [0.3, 0.4) is 0 Å². The molecule has 2 amide bonds. The topological polar surface area (TPSA) is 37.3 Å². The van der Waals surface area contributed by atoms with Crippen LogP contribution in [0.15, 0.2) is 66.9 Å². The van der Waals surface area contributed by atoms with E-state index in [4.69, 9.17) is 0 Å². The lowest BCUT2D eigenvalue weighted by atomic mass is 10.0. The number of benzene rings is 2. The fourth-order valence-electron chi connectivity index (χ4n) is 3.82. The van der Waals surface area contributed by atoms with Crippen molar-refractivity contribution in [1.82, 2.24) is 9.47 Å². The maximum absolute atomic E-state index is 13.2. The molecule has 4 rings (SSSR count). The first kappa shape index (κ1) is 17.4. The highest BCUT2D eigenvalue weighted by molar-refractivity contribution is 5.90. The number of hydrogen-bond donors (Lipinski definition) is 1. The Morgan fingerprint density at radius 1 is 1.04 bits per heavy atom. The Morgan fingerprint density at radius 2 is 1.85 bits per heavy atom. The summed E-state index contributed by atoms with van der Waals surface area (Å²) in [7, 11) is 0. The lowest BCUT2D eigenvalue weighted by molar-refractivity contribution is 0.167. The molecule has 0 bridgehead atoms. The Morgan fingerprint density at radius 3 is 2.67 bits per heavy atom. The molecule has 4 nitrogen and oxygen atoms in total.